The Morgan fingerprint density at radius 3 is 2.67 bits per heavy atom. The van der Waals surface area contributed by atoms with Crippen molar-refractivity contribution in [1.82, 2.24) is 0 Å². The first kappa shape index (κ1) is 11.1. The first-order chi connectivity index (χ1) is 8.75. The van der Waals surface area contributed by atoms with Gasteiger partial charge in [-0.3, -0.25) is 0 Å². The number of nitrogens with zero attached hydrogens (tertiary/aromatic N) is 1. The molecule has 2 heteroatoms. The van der Waals surface area contributed by atoms with Crippen molar-refractivity contribution in [3.05, 3.63) is 59.7 Å². The van der Waals surface area contributed by atoms with Crippen LogP contribution in [0.25, 0.3) is 0 Å². The number of benzene rings is 2. The number of fused-ring (bicyclic) bond motifs is 1. The molecule has 1 aliphatic heterocycles. The molecule has 0 saturated heterocycles. The van der Waals surface area contributed by atoms with Crippen LogP contribution in [0, 0.1) is 0 Å². The van der Waals surface area contributed by atoms with Gasteiger partial charge in [0.15, 0.2) is 0 Å². The van der Waals surface area contributed by atoms with E-state index in [1.165, 1.54) is 11.3 Å². The molecular formula is C16H17NO. The van der Waals surface area contributed by atoms with Crippen LogP contribution in [0.2, 0.25) is 0 Å². The van der Waals surface area contributed by atoms with E-state index in [0.29, 0.717) is 11.8 Å². The third-order valence-corrected chi connectivity index (χ3v) is 3.66. The maximum atomic E-state index is 9.91. The van der Waals surface area contributed by atoms with Crippen molar-refractivity contribution in [2.75, 3.05) is 4.90 Å². The summed E-state index contributed by atoms with van der Waals surface area (Å²) in [5.74, 6) is 0.426. The number of rotatable bonds is 2. The predicted octanol–water partition coefficient (Wildman–Crippen LogP) is 3.34. The standard InChI is InChI=1S/C16H17NO/c1-12-10-14-15(8-5-9-16(14)18)17(12)11-13-6-3-2-4-7-13/h2-9,12,18H,10-11H2,1H3. The molecular weight excluding hydrogens is 222 g/mol. The van der Waals surface area contributed by atoms with E-state index in [4.69, 9.17) is 0 Å². The van der Waals surface area contributed by atoms with Gasteiger partial charge in [0.1, 0.15) is 5.75 Å². The van der Waals surface area contributed by atoms with Crippen molar-refractivity contribution in [3.8, 4) is 5.75 Å². The topological polar surface area (TPSA) is 23.5 Å². The zero-order valence-corrected chi connectivity index (χ0v) is 10.5. The zero-order chi connectivity index (χ0) is 12.5. The van der Waals surface area contributed by atoms with Crippen LogP contribution in [0.5, 0.6) is 5.75 Å². The van der Waals surface area contributed by atoms with E-state index >= 15 is 0 Å². The third kappa shape index (κ3) is 1.84. The summed E-state index contributed by atoms with van der Waals surface area (Å²) >= 11 is 0. The smallest absolute Gasteiger partial charge is 0.120 e. The Bertz CT molecular complexity index is 550. The molecule has 92 valence electrons. The second kappa shape index (κ2) is 4.37. The van der Waals surface area contributed by atoms with Gasteiger partial charge in [-0.2, -0.15) is 0 Å². The molecule has 1 atom stereocenters. The van der Waals surface area contributed by atoms with Crippen molar-refractivity contribution < 1.29 is 5.11 Å². The molecule has 0 aliphatic carbocycles. The quantitative estimate of drug-likeness (QED) is 0.868. The number of aromatic hydroxyl groups is 1. The van der Waals surface area contributed by atoms with Gasteiger partial charge < -0.3 is 10.0 Å². The van der Waals surface area contributed by atoms with Gasteiger partial charge in [-0.1, -0.05) is 36.4 Å². The van der Waals surface area contributed by atoms with Crippen LogP contribution >= 0.6 is 0 Å². The van der Waals surface area contributed by atoms with Crippen LogP contribution in [0.1, 0.15) is 18.1 Å². The Morgan fingerprint density at radius 1 is 1.11 bits per heavy atom. The molecule has 1 aliphatic rings. The second-order valence-electron chi connectivity index (χ2n) is 4.94. The predicted molar refractivity (Wildman–Crippen MR) is 73.9 cm³/mol. The Labute approximate surface area is 107 Å². The molecule has 0 aromatic heterocycles. The molecule has 18 heavy (non-hydrogen) atoms. The summed E-state index contributed by atoms with van der Waals surface area (Å²) in [6.45, 7) is 3.11. The van der Waals surface area contributed by atoms with Crippen molar-refractivity contribution in [3.63, 3.8) is 0 Å². The van der Waals surface area contributed by atoms with Gasteiger partial charge in [0, 0.05) is 23.8 Å². The van der Waals surface area contributed by atoms with Gasteiger partial charge in [-0.15, -0.1) is 0 Å². The highest BCUT2D eigenvalue weighted by molar-refractivity contribution is 5.64. The van der Waals surface area contributed by atoms with Crippen LogP contribution in [0.15, 0.2) is 48.5 Å². The molecule has 0 saturated carbocycles. The molecule has 0 fully saturated rings. The van der Waals surface area contributed by atoms with E-state index in [0.717, 1.165) is 18.5 Å². The Hall–Kier alpha value is -1.96. The van der Waals surface area contributed by atoms with E-state index in [1.54, 1.807) is 6.07 Å². The lowest BCUT2D eigenvalue weighted by molar-refractivity contribution is 0.469. The van der Waals surface area contributed by atoms with E-state index in [2.05, 4.69) is 42.2 Å². The van der Waals surface area contributed by atoms with Crippen LogP contribution in [-0.4, -0.2) is 11.1 Å². The molecule has 0 amide bonds. The minimum absolute atomic E-state index is 0.426. The minimum Gasteiger partial charge on any atom is -0.508 e. The van der Waals surface area contributed by atoms with Crippen molar-refractivity contribution in [2.45, 2.75) is 25.9 Å². The molecule has 0 bridgehead atoms. The summed E-state index contributed by atoms with van der Waals surface area (Å²) in [5.41, 5.74) is 3.56. The summed E-state index contributed by atoms with van der Waals surface area (Å²) in [6, 6.07) is 16.7. The molecule has 2 aromatic carbocycles. The van der Waals surface area contributed by atoms with E-state index in [-0.39, 0.29) is 0 Å². The fraction of sp³-hybridized carbons (Fsp3) is 0.250. The van der Waals surface area contributed by atoms with Crippen LogP contribution in [0.4, 0.5) is 5.69 Å². The molecule has 3 rings (SSSR count). The highest BCUT2D eigenvalue weighted by Crippen LogP contribution is 2.38. The number of hydrogen-bond donors (Lipinski definition) is 1. The van der Waals surface area contributed by atoms with Crippen LogP contribution < -0.4 is 4.90 Å². The summed E-state index contributed by atoms with van der Waals surface area (Å²) in [4.78, 5) is 2.37. The molecule has 0 spiro atoms. The van der Waals surface area contributed by atoms with E-state index in [1.807, 2.05) is 12.1 Å². The number of phenols is 1. The average molecular weight is 239 g/mol. The van der Waals surface area contributed by atoms with Gasteiger partial charge >= 0.3 is 0 Å². The Balaban J connectivity index is 1.93. The van der Waals surface area contributed by atoms with Crippen molar-refractivity contribution in [1.29, 1.82) is 0 Å². The van der Waals surface area contributed by atoms with E-state index in [9.17, 15) is 5.11 Å². The van der Waals surface area contributed by atoms with Crippen molar-refractivity contribution >= 4 is 5.69 Å². The van der Waals surface area contributed by atoms with Gasteiger partial charge in [0.2, 0.25) is 0 Å². The Kier molecular flexibility index (Phi) is 2.71. The van der Waals surface area contributed by atoms with E-state index < -0.39 is 0 Å². The molecule has 2 aromatic rings. The maximum absolute atomic E-state index is 9.91. The highest BCUT2D eigenvalue weighted by Gasteiger charge is 2.27. The lowest BCUT2D eigenvalue weighted by Gasteiger charge is -2.25. The normalized spacial score (nSPS) is 17.8. The van der Waals surface area contributed by atoms with Crippen LogP contribution in [-0.2, 0) is 13.0 Å². The first-order valence-electron chi connectivity index (χ1n) is 6.37. The third-order valence-electron chi connectivity index (χ3n) is 3.66. The largest absolute Gasteiger partial charge is 0.508 e. The summed E-state index contributed by atoms with van der Waals surface area (Å²) in [7, 11) is 0. The van der Waals surface area contributed by atoms with Crippen LogP contribution in [0.3, 0.4) is 0 Å². The highest BCUT2D eigenvalue weighted by atomic mass is 16.3. The lowest BCUT2D eigenvalue weighted by Crippen LogP contribution is -2.28. The molecule has 1 heterocycles. The lowest BCUT2D eigenvalue weighted by atomic mass is 10.1. The van der Waals surface area contributed by atoms with Gasteiger partial charge in [0.05, 0.1) is 0 Å². The molecule has 0 radical (unpaired) electrons. The molecule has 1 unspecified atom stereocenters. The molecule has 1 N–H and O–H groups in total. The molecule has 2 nitrogen and oxygen atoms in total. The minimum atomic E-state index is 0.426. The monoisotopic (exact) mass is 239 g/mol. The number of hydrogen-bond acceptors (Lipinski definition) is 2. The van der Waals surface area contributed by atoms with Gasteiger partial charge in [-0.25, -0.2) is 0 Å². The second-order valence-corrected chi connectivity index (χ2v) is 4.94. The fourth-order valence-electron chi connectivity index (χ4n) is 2.71. The SMILES string of the molecule is CC1Cc2c(O)cccc2N1Cc1ccccc1. The first-order valence-corrected chi connectivity index (χ1v) is 6.37. The average Bonchev–Trinajstić information content (AvgIpc) is 2.70. The Morgan fingerprint density at radius 2 is 1.89 bits per heavy atom. The summed E-state index contributed by atoms with van der Waals surface area (Å²) < 4.78 is 0. The van der Waals surface area contributed by atoms with Gasteiger partial charge in [-0.05, 0) is 31.0 Å². The van der Waals surface area contributed by atoms with Crippen molar-refractivity contribution in [2.24, 2.45) is 0 Å². The summed E-state index contributed by atoms with van der Waals surface area (Å²) in [5, 5.41) is 9.91. The number of phenolic OH excluding ortho intramolecular Hbond substituents is 1. The number of anilines is 1. The summed E-state index contributed by atoms with van der Waals surface area (Å²) in [6.07, 6.45) is 0.925. The van der Waals surface area contributed by atoms with Gasteiger partial charge in [0.25, 0.3) is 0 Å². The zero-order valence-electron chi connectivity index (χ0n) is 10.5. The maximum Gasteiger partial charge on any atom is 0.120 e. The fourth-order valence-corrected chi connectivity index (χ4v) is 2.71.